The molecule has 1 heterocycles. The van der Waals surface area contributed by atoms with Gasteiger partial charge >= 0.3 is 5.97 Å². The number of rotatable bonds is 3. The molecule has 0 N–H and O–H groups in total. The minimum Gasteiger partial charge on any atom is -0.468 e. The van der Waals surface area contributed by atoms with Gasteiger partial charge in [-0.15, -0.1) is 0 Å². The fraction of sp³-hybridized carbons (Fsp3) is 0.312. The zero-order chi connectivity index (χ0) is 14.2. The molecule has 102 valence electrons. The molecule has 1 aromatic heterocycles. The van der Waals surface area contributed by atoms with Crippen molar-refractivity contribution in [1.82, 2.24) is 9.97 Å². The van der Waals surface area contributed by atoms with E-state index in [4.69, 9.17) is 4.74 Å². The van der Waals surface area contributed by atoms with Crippen LogP contribution in [0.25, 0.3) is 11.3 Å². The van der Waals surface area contributed by atoms with Crippen molar-refractivity contribution >= 4 is 5.97 Å². The van der Waals surface area contributed by atoms with Crippen molar-refractivity contribution in [2.24, 2.45) is 0 Å². The van der Waals surface area contributed by atoms with Crippen LogP contribution in [0.4, 0.5) is 0 Å². The third-order valence-corrected chi connectivity index (χ3v) is 3.72. The molecule has 1 aliphatic rings. The van der Waals surface area contributed by atoms with E-state index < -0.39 is 5.41 Å². The third-order valence-electron chi connectivity index (χ3n) is 3.72. The summed E-state index contributed by atoms with van der Waals surface area (Å²) in [6, 6.07) is 9.99. The van der Waals surface area contributed by atoms with Crippen LogP contribution in [-0.4, -0.2) is 23.0 Å². The number of benzene rings is 1. The summed E-state index contributed by atoms with van der Waals surface area (Å²) >= 11 is 0. The van der Waals surface area contributed by atoms with Gasteiger partial charge in [0.15, 0.2) is 0 Å². The van der Waals surface area contributed by atoms with E-state index in [0.717, 1.165) is 24.1 Å². The highest BCUT2D eigenvalue weighted by molar-refractivity contribution is 5.85. The maximum absolute atomic E-state index is 11.9. The molecule has 0 bridgehead atoms. The summed E-state index contributed by atoms with van der Waals surface area (Å²) in [5, 5.41) is 0. The predicted molar refractivity (Wildman–Crippen MR) is 75.1 cm³/mol. The van der Waals surface area contributed by atoms with Crippen LogP contribution in [0.3, 0.4) is 0 Å². The van der Waals surface area contributed by atoms with Crippen LogP contribution in [-0.2, 0) is 14.9 Å². The van der Waals surface area contributed by atoms with Gasteiger partial charge in [-0.2, -0.15) is 0 Å². The Balaban J connectivity index is 2.01. The second-order valence-corrected chi connectivity index (χ2v) is 5.21. The minimum absolute atomic E-state index is 0.237. The topological polar surface area (TPSA) is 52.1 Å². The van der Waals surface area contributed by atoms with Gasteiger partial charge in [-0.05, 0) is 31.9 Å². The molecule has 0 unspecified atom stereocenters. The van der Waals surface area contributed by atoms with Crippen LogP contribution >= 0.6 is 0 Å². The van der Waals surface area contributed by atoms with Crippen molar-refractivity contribution in [2.75, 3.05) is 7.11 Å². The van der Waals surface area contributed by atoms with Crippen LogP contribution in [0.5, 0.6) is 0 Å². The summed E-state index contributed by atoms with van der Waals surface area (Å²) in [6.07, 6.45) is 3.23. The molecule has 0 atom stereocenters. The van der Waals surface area contributed by atoms with Gasteiger partial charge in [0.1, 0.15) is 11.2 Å². The molecule has 0 spiro atoms. The first-order valence-electron chi connectivity index (χ1n) is 6.65. The van der Waals surface area contributed by atoms with E-state index in [2.05, 4.69) is 16.0 Å². The lowest BCUT2D eigenvalue weighted by Gasteiger charge is -2.12. The lowest BCUT2D eigenvalue weighted by atomic mass is 10.1. The lowest BCUT2D eigenvalue weighted by molar-refractivity contribution is -0.143. The number of ether oxygens (including phenoxy) is 1. The fourth-order valence-corrected chi connectivity index (χ4v) is 2.39. The smallest absolute Gasteiger partial charge is 0.319 e. The number of aryl methyl sites for hydroxylation is 1. The quantitative estimate of drug-likeness (QED) is 0.803. The molecule has 4 heteroatoms. The molecule has 0 radical (unpaired) electrons. The Labute approximate surface area is 117 Å². The monoisotopic (exact) mass is 268 g/mol. The van der Waals surface area contributed by atoms with E-state index in [1.807, 2.05) is 31.2 Å². The highest BCUT2D eigenvalue weighted by atomic mass is 16.5. The summed E-state index contributed by atoms with van der Waals surface area (Å²) < 4.78 is 4.88. The first-order valence-corrected chi connectivity index (χ1v) is 6.65. The Kier molecular flexibility index (Phi) is 3.01. The maximum Gasteiger partial charge on any atom is 0.319 e. The van der Waals surface area contributed by atoms with Gasteiger partial charge in [0.25, 0.3) is 0 Å². The molecule has 1 saturated carbocycles. The second kappa shape index (κ2) is 4.71. The number of nitrogens with zero attached hydrogens (tertiary/aromatic N) is 2. The van der Waals surface area contributed by atoms with E-state index in [-0.39, 0.29) is 5.97 Å². The molecule has 3 rings (SSSR count). The fourth-order valence-electron chi connectivity index (χ4n) is 2.39. The molecule has 1 aliphatic carbocycles. The summed E-state index contributed by atoms with van der Waals surface area (Å²) in [5.41, 5.74) is 2.44. The maximum atomic E-state index is 11.9. The zero-order valence-corrected chi connectivity index (χ0v) is 11.6. The first-order chi connectivity index (χ1) is 9.65. The number of esters is 1. The van der Waals surface area contributed by atoms with Crippen molar-refractivity contribution in [2.45, 2.75) is 25.2 Å². The Morgan fingerprint density at radius 2 is 2.10 bits per heavy atom. The number of methoxy groups -OCH3 is 1. The predicted octanol–water partition coefficient (Wildman–Crippen LogP) is 2.66. The van der Waals surface area contributed by atoms with E-state index in [0.29, 0.717) is 5.82 Å². The largest absolute Gasteiger partial charge is 0.468 e. The average Bonchev–Trinajstić information content (AvgIpc) is 3.28. The second-order valence-electron chi connectivity index (χ2n) is 5.21. The lowest BCUT2D eigenvalue weighted by Crippen LogP contribution is -2.24. The molecule has 0 saturated heterocycles. The number of hydrogen-bond acceptors (Lipinski definition) is 4. The van der Waals surface area contributed by atoms with Crippen LogP contribution in [0.1, 0.15) is 24.2 Å². The Bertz CT molecular complexity index is 663. The molecular formula is C16H16N2O2. The highest BCUT2D eigenvalue weighted by Crippen LogP contribution is 2.47. The van der Waals surface area contributed by atoms with Crippen LogP contribution in [0, 0.1) is 6.92 Å². The SMILES string of the molecule is COC(=O)C1(c2nccc(-c3cccc(C)c3)n2)CC1. The van der Waals surface area contributed by atoms with Crippen molar-refractivity contribution in [3.05, 3.63) is 47.9 Å². The molecule has 20 heavy (non-hydrogen) atoms. The van der Waals surface area contributed by atoms with Crippen LogP contribution in [0.2, 0.25) is 0 Å². The molecule has 0 amide bonds. The van der Waals surface area contributed by atoms with Crippen LogP contribution < -0.4 is 0 Å². The summed E-state index contributed by atoms with van der Waals surface area (Å²) in [7, 11) is 1.41. The summed E-state index contributed by atoms with van der Waals surface area (Å²) in [4.78, 5) is 20.8. The normalized spacial score (nSPS) is 15.7. The van der Waals surface area contributed by atoms with Gasteiger partial charge in [0.05, 0.1) is 12.8 Å². The van der Waals surface area contributed by atoms with Gasteiger partial charge in [0.2, 0.25) is 0 Å². The van der Waals surface area contributed by atoms with Crippen molar-refractivity contribution in [1.29, 1.82) is 0 Å². The van der Waals surface area contributed by atoms with Gasteiger partial charge < -0.3 is 4.74 Å². The molecule has 2 aromatic rings. The molecule has 4 nitrogen and oxygen atoms in total. The third kappa shape index (κ3) is 2.07. The molecule has 0 aliphatic heterocycles. The van der Waals surface area contributed by atoms with Crippen molar-refractivity contribution in [3.8, 4) is 11.3 Å². The standard InChI is InChI=1S/C16H16N2O2/c1-11-4-3-5-12(10-11)13-6-9-17-14(18-13)16(7-8-16)15(19)20-2/h3-6,9-10H,7-8H2,1-2H3. The van der Waals surface area contributed by atoms with Crippen LogP contribution in [0.15, 0.2) is 36.5 Å². The first kappa shape index (κ1) is 12.8. The number of carbonyl (C=O) groups is 1. The Morgan fingerprint density at radius 1 is 1.30 bits per heavy atom. The van der Waals surface area contributed by atoms with E-state index in [1.165, 1.54) is 12.7 Å². The minimum atomic E-state index is -0.616. The Morgan fingerprint density at radius 3 is 2.75 bits per heavy atom. The highest BCUT2D eigenvalue weighted by Gasteiger charge is 2.55. The zero-order valence-electron chi connectivity index (χ0n) is 11.6. The summed E-state index contributed by atoms with van der Waals surface area (Å²) in [6.45, 7) is 2.04. The van der Waals surface area contributed by atoms with E-state index in [1.54, 1.807) is 6.20 Å². The average molecular weight is 268 g/mol. The molecule has 1 aromatic carbocycles. The molecular weight excluding hydrogens is 252 g/mol. The van der Waals surface area contributed by atoms with Crippen molar-refractivity contribution in [3.63, 3.8) is 0 Å². The summed E-state index contributed by atoms with van der Waals surface area (Å²) in [5.74, 6) is 0.335. The number of carbonyl (C=O) groups excluding carboxylic acids is 1. The van der Waals surface area contributed by atoms with Gasteiger partial charge in [-0.25, -0.2) is 9.97 Å². The van der Waals surface area contributed by atoms with E-state index >= 15 is 0 Å². The molecule has 1 fully saturated rings. The number of aromatic nitrogens is 2. The van der Waals surface area contributed by atoms with Gasteiger partial charge in [-0.1, -0.05) is 23.8 Å². The Hall–Kier alpha value is -2.23. The van der Waals surface area contributed by atoms with Crippen molar-refractivity contribution < 1.29 is 9.53 Å². The van der Waals surface area contributed by atoms with E-state index in [9.17, 15) is 4.79 Å². The van der Waals surface area contributed by atoms with Gasteiger partial charge in [-0.3, -0.25) is 4.79 Å². The van der Waals surface area contributed by atoms with Gasteiger partial charge in [0, 0.05) is 11.8 Å². The number of hydrogen-bond donors (Lipinski definition) is 0.